The molecule has 0 unspecified atom stereocenters. The van der Waals surface area contributed by atoms with Gasteiger partial charge in [-0.2, -0.15) is 0 Å². The highest BCUT2D eigenvalue weighted by atomic mass is 79.9. The van der Waals surface area contributed by atoms with E-state index in [4.69, 9.17) is 4.74 Å². The molecule has 2 aromatic rings. The number of non-ortho nitro benzene ring substituents is 1. The van der Waals surface area contributed by atoms with Crippen molar-refractivity contribution in [2.45, 2.75) is 20.8 Å². The van der Waals surface area contributed by atoms with Crippen LogP contribution in [0.5, 0.6) is 5.75 Å². The van der Waals surface area contributed by atoms with Crippen molar-refractivity contribution in [3.05, 3.63) is 54.5 Å². The van der Waals surface area contributed by atoms with E-state index in [0.717, 1.165) is 36.5 Å². The fraction of sp³-hybridized carbons (Fsp3) is 0.333. The van der Waals surface area contributed by atoms with E-state index < -0.39 is 21.2 Å². The van der Waals surface area contributed by atoms with Gasteiger partial charge >= 0.3 is 5.69 Å². The minimum atomic E-state index is -0.733. The molecule has 0 spiro atoms. The van der Waals surface area contributed by atoms with Gasteiger partial charge in [0.05, 0.1) is 38.9 Å². The minimum absolute atomic E-state index is 0.103. The van der Waals surface area contributed by atoms with E-state index in [2.05, 4.69) is 31.1 Å². The molecule has 2 rings (SSSR count). The Bertz CT molecular complexity index is 976. The van der Waals surface area contributed by atoms with Crippen molar-refractivity contribution in [2.75, 3.05) is 25.1 Å². The molecular weight excluding hydrogens is 446 g/mol. The fourth-order valence-electron chi connectivity index (χ4n) is 2.76. The first kappa shape index (κ1) is 22.2. The van der Waals surface area contributed by atoms with Gasteiger partial charge in [0.2, 0.25) is 0 Å². The number of ether oxygens (including phenoxy) is 1. The van der Waals surface area contributed by atoms with E-state index in [1.54, 1.807) is 13.2 Å². The number of nitro benzene ring substituents is 2. The Morgan fingerprint density at radius 1 is 1.07 bits per heavy atom. The highest BCUT2D eigenvalue weighted by molar-refractivity contribution is 9.10. The van der Waals surface area contributed by atoms with Gasteiger partial charge in [0.25, 0.3) is 5.69 Å². The number of hydrogen-bond donors (Lipinski definition) is 0. The molecule has 0 saturated heterocycles. The van der Waals surface area contributed by atoms with E-state index in [0.29, 0.717) is 11.4 Å². The second-order valence-corrected chi connectivity index (χ2v) is 6.85. The highest BCUT2D eigenvalue weighted by Crippen LogP contribution is 2.41. The Kier molecular flexibility index (Phi) is 7.21. The second kappa shape index (κ2) is 9.41. The summed E-state index contributed by atoms with van der Waals surface area (Å²) in [7, 11) is 1.55. The maximum absolute atomic E-state index is 11.3. The topological polar surface area (TPSA) is 123 Å². The first-order valence-corrected chi connectivity index (χ1v) is 9.50. The Morgan fingerprint density at radius 3 is 2.24 bits per heavy atom. The third-order valence-corrected chi connectivity index (χ3v) is 4.90. The number of nitro groups is 2. The van der Waals surface area contributed by atoms with Gasteiger partial charge in [-0.25, -0.2) is 0 Å². The van der Waals surface area contributed by atoms with E-state index in [1.807, 2.05) is 26.8 Å². The van der Waals surface area contributed by atoms with Crippen LogP contribution >= 0.6 is 15.9 Å². The molecule has 0 bridgehead atoms. The van der Waals surface area contributed by atoms with E-state index >= 15 is 0 Å². The molecular formula is C18H20BrN5O5. The lowest BCUT2D eigenvalue weighted by molar-refractivity contribution is -0.393. The molecule has 0 aliphatic heterocycles. The normalized spacial score (nSPS) is 10.9. The Labute approximate surface area is 175 Å². The molecule has 0 aliphatic carbocycles. The average Bonchev–Trinajstić information content (AvgIpc) is 2.68. The van der Waals surface area contributed by atoms with Crippen LogP contribution in [0.3, 0.4) is 0 Å². The van der Waals surface area contributed by atoms with Crippen LogP contribution in [0.2, 0.25) is 0 Å². The van der Waals surface area contributed by atoms with E-state index in [-0.39, 0.29) is 10.2 Å². The highest BCUT2D eigenvalue weighted by Gasteiger charge is 2.23. The van der Waals surface area contributed by atoms with Crippen molar-refractivity contribution in [2.24, 2.45) is 10.2 Å². The zero-order chi connectivity index (χ0) is 21.7. The maximum atomic E-state index is 11.3. The molecule has 29 heavy (non-hydrogen) atoms. The summed E-state index contributed by atoms with van der Waals surface area (Å²) >= 11 is 3.11. The molecule has 0 N–H and O–H groups in total. The molecule has 0 atom stereocenters. The van der Waals surface area contributed by atoms with Gasteiger partial charge in [-0.05, 0) is 48.3 Å². The SMILES string of the molecule is CCN(CC)c1cc(C)c(N=Nc2c(Br)cc([N+](=O)[O-])cc2[N+](=O)[O-])cc1OC. The lowest BCUT2D eigenvalue weighted by atomic mass is 10.1. The van der Waals surface area contributed by atoms with Gasteiger partial charge in [-0.3, -0.25) is 20.2 Å². The van der Waals surface area contributed by atoms with Crippen molar-refractivity contribution in [3.8, 4) is 5.75 Å². The van der Waals surface area contributed by atoms with Crippen LogP contribution in [0.25, 0.3) is 0 Å². The van der Waals surface area contributed by atoms with Gasteiger partial charge in [0.1, 0.15) is 5.75 Å². The minimum Gasteiger partial charge on any atom is -0.495 e. The Morgan fingerprint density at radius 2 is 1.72 bits per heavy atom. The first-order valence-electron chi connectivity index (χ1n) is 8.71. The molecule has 0 aliphatic rings. The zero-order valence-electron chi connectivity index (χ0n) is 16.4. The number of halogens is 1. The van der Waals surface area contributed by atoms with Crippen molar-refractivity contribution in [1.29, 1.82) is 0 Å². The van der Waals surface area contributed by atoms with Crippen molar-refractivity contribution in [3.63, 3.8) is 0 Å². The number of benzene rings is 2. The third-order valence-electron chi connectivity index (χ3n) is 4.29. The summed E-state index contributed by atoms with van der Waals surface area (Å²) in [6, 6.07) is 5.63. The van der Waals surface area contributed by atoms with Gasteiger partial charge in [0, 0.05) is 25.2 Å². The number of methoxy groups -OCH3 is 1. The van der Waals surface area contributed by atoms with Crippen LogP contribution in [0.1, 0.15) is 19.4 Å². The number of anilines is 1. The summed E-state index contributed by atoms with van der Waals surface area (Å²) in [5, 5.41) is 30.4. The van der Waals surface area contributed by atoms with Gasteiger partial charge < -0.3 is 9.64 Å². The molecule has 154 valence electrons. The van der Waals surface area contributed by atoms with Crippen LogP contribution in [-0.2, 0) is 0 Å². The van der Waals surface area contributed by atoms with Crippen LogP contribution in [0.15, 0.2) is 39.0 Å². The smallest absolute Gasteiger partial charge is 0.304 e. The summed E-state index contributed by atoms with van der Waals surface area (Å²) < 4.78 is 5.57. The van der Waals surface area contributed by atoms with Crippen LogP contribution in [0.4, 0.5) is 28.4 Å². The number of azo groups is 1. The molecule has 10 nitrogen and oxygen atoms in total. The van der Waals surface area contributed by atoms with Crippen molar-refractivity contribution in [1.82, 2.24) is 0 Å². The fourth-order valence-corrected chi connectivity index (χ4v) is 3.28. The summed E-state index contributed by atoms with van der Waals surface area (Å²) in [4.78, 5) is 23.0. The number of nitrogens with zero attached hydrogens (tertiary/aromatic N) is 5. The lowest BCUT2D eigenvalue weighted by Gasteiger charge is -2.24. The predicted octanol–water partition coefficient (Wildman–Crippen LogP) is 5.84. The molecule has 0 radical (unpaired) electrons. The van der Waals surface area contributed by atoms with Crippen LogP contribution in [0, 0.1) is 27.2 Å². The molecule has 0 amide bonds. The Balaban J connectivity index is 2.54. The summed E-state index contributed by atoms with van der Waals surface area (Å²) in [6.07, 6.45) is 0. The Hall–Kier alpha value is -3.08. The van der Waals surface area contributed by atoms with E-state index in [9.17, 15) is 20.2 Å². The van der Waals surface area contributed by atoms with Gasteiger partial charge in [-0.15, -0.1) is 10.2 Å². The summed E-state index contributed by atoms with van der Waals surface area (Å²) in [6.45, 7) is 7.53. The van der Waals surface area contributed by atoms with Gasteiger partial charge in [-0.1, -0.05) is 0 Å². The number of aryl methyl sites for hydroxylation is 1. The predicted molar refractivity (Wildman–Crippen MR) is 113 cm³/mol. The monoisotopic (exact) mass is 465 g/mol. The average molecular weight is 466 g/mol. The lowest BCUT2D eigenvalue weighted by Crippen LogP contribution is -2.22. The molecule has 0 aromatic heterocycles. The van der Waals surface area contributed by atoms with Crippen LogP contribution < -0.4 is 9.64 Å². The van der Waals surface area contributed by atoms with Crippen molar-refractivity contribution >= 4 is 44.4 Å². The molecule has 0 saturated carbocycles. The standard InChI is InChI=1S/C18H20BrN5O5/c1-5-22(6-2)15-7-11(3)14(10-17(15)29-4)20-21-18-13(19)8-12(23(25)26)9-16(18)24(27)28/h7-10H,5-6H2,1-4H3. The zero-order valence-corrected chi connectivity index (χ0v) is 18.0. The molecule has 0 heterocycles. The second-order valence-electron chi connectivity index (χ2n) is 5.99. The van der Waals surface area contributed by atoms with Crippen molar-refractivity contribution < 1.29 is 14.6 Å². The number of hydrogen-bond acceptors (Lipinski definition) is 8. The largest absolute Gasteiger partial charge is 0.495 e. The van der Waals surface area contributed by atoms with Gasteiger partial charge in [0.15, 0.2) is 5.69 Å². The van der Waals surface area contributed by atoms with Crippen LogP contribution in [-0.4, -0.2) is 30.0 Å². The maximum Gasteiger partial charge on any atom is 0.304 e. The number of rotatable bonds is 8. The quantitative estimate of drug-likeness (QED) is 0.273. The van der Waals surface area contributed by atoms with E-state index in [1.165, 1.54) is 0 Å². The third kappa shape index (κ3) is 4.86. The molecule has 2 aromatic carbocycles. The molecule has 11 heteroatoms. The first-order chi connectivity index (χ1) is 13.7. The summed E-state index contributed by atoms with van der Waals surface area (Å²) in [5.41, 5.74) is 1.15. The molecule has 0 fully saturated rings. The summed E-state index contributed by atoms with van der Waals surface area (Å²) in [5.74, 6) is 0.602.